The molecule has 0 amide bonds. The normalized spacial score (nSPS) is 21.9. The van der Waals surface area contributed by atoms with Crippen LogP contribution in [0.3, 0.4) is 0 Å². The highest BCUT2D eigenvalue weighted by Crippen LogP contribution is 2.32. The maximum absolute atomic E-state index is 6.31. The first-order chi connectivity index (χ1) is 7.72. The van der Waals surface area contributed by atoms with Crippen molar-refractivity contribution in [2.45, 2.75) is 77.4 Å². The van der Waals surface area contributed by atoms with Crippen LogP contribution in [0, 0.1) is 0 Å². The lowest BCUT2D eigenvalue weighted by Crippen LogP contribution is -2.46. The molecule has 0 saturated heterocycles. The van der Waals surface area contributed by atoms with Gasteiger partial charge in [0.05, 0.1) is 11.7 Å². The van der Waals surface area contributed by atoms with E-state index in [1.807, 2.05) is 0 Å². The quantitative estimate of drug-likeness (QED) is 0.672. The van der Waals surface area contributed by atoms with Crippen LogP contribution in [0.15, 0.2) is 0 Å². The van der Waals surface area contributed by atoms with Gasteiger partial charge in [-0.15, -0.1) is 0 Å². The molecule has 0 aromatic carbocycles. The van der Waals surface area contributed by atoms with E-state index >= 15 is 0 Å². The Kier molecular flexibility index (Phi) is 6.37. The summed E-state index contributed by atoms with van der Waals surface area (Å²) in [6.45, 7) is 8.80. The summed E-state index contributed by atoms with van der Waals surface area (Å²) in [6, 6.07) is 0. The average Bonchev–Trinajstić information content (AvgIpc) is 2.30. The molecular weight excluding hydrogens is 198 g/mol. The van der Waals surface area contributed by atoms with E-state index in [0.717, 1.165) is 19.5 Å². The molecule has 1 N–H and O–H groups in total. The molecule has 2 heteroatoms. The third-order valence-corrected chi connectivity index (χ3v) is 3.66. The first-order valence-electron chi connectivity index (χ1n) is 7.11. The molecule has 0 aromatic heterocycles. The van der Waals surface area contributed by atoms with Crippen LogP contribution in [0.5, 0.6) is 0 Å². The van der Waals surface area contributed by atoms with E-state index in [-0.39, 0.29) is 5.60 Å². The summed E-state index contributed by atoms with van der Waals surface area (Å²) in [6.07, 6.45) is 9.28. The largest absolute Gasteiger partial charge is 0.371 e. The Morgan fingerprint density at radius 2 is 1.88 bits per heavy atom. The maximum atomic E-state index is 6.31. The van der Waals surface area contributed by atoms with Gasteiger partial charge < -0.3 is 10.1 Å². The average molecular weight is 227 g/mol. The van der Waals surface area contributed by atoms with Crippen molar-refractivity contribution in [3.05, 3.63) is 0 Å². The van der Waals surface area contributed by atoms with Crippen molar-refractivity contribution in [1.29, 1.82) is 0 Å². The van der Waals surface area contributed by atoms with Gasteiger partial charge in [-0.1, -0.05) is 33.1 Å². The van der Waals surface area contributed by atoms with Crippen molar-refractivity contribution in [2.24, 2.45) is 0 Å². The Balaban J connectivity index is 2.45. The van der Waals surface area contributed by atoms with Crippen LogP contribution >= 0.6 is 0 Å². The predicted octanol–water partition coefficient (Wildman–Crippen LogP) is 3.50. The first kappa shape index (κ1) is 14.0. The molecule has 1 rings (SSSR count). The van der Waals surface area contributed by atoms with Crippen LogP contribution in [0.25, 0.3) is 0 Å². The summed E-state index contributed by atoms with van der Waals surface area (Å²) < 4.78 is 6.31. The van der Waals surface area contributed by atoms with Crippen molar-refractivity contribution in [1.82, 2.24) is 5.32 Å². The second-order valence-electron chi connectivity index (χ2n) is 5.26. The predicted molar refractivity (Wildman–Crippen MR) is 69.8 cm³/mol. The molecule has 1 fully saturated rings. The minimum atomic E-state index is 0.142. The third kappa shape index (κ3) is 4.42. The second-order valence-corrected chi connectivity index (χ2v) is 5.26. The van der Waals surface area contributed by atoms with E-state index < -0.39 is 0 Å². The van der Waals surface area contributed by atoms with Gasteiger partial charge >= 0.3 is 0 Å². The summed E-state index contributed by atoms with van der Waals surface area (Å²) in [7, 11) is 0. The fourth-order valence-corrected chi connectivity index (χ4v) is 2.54. The lowest BCUT2D eigenvalue weighted by atomic mass is 9.84. The molecule has 0 aromatic rings. The fourth-order valence-electron chi connectivity index (χ4n) is 2.54. The maximum Gasteiger partial charge on any atom is 0.0809 e. The van der Waals surface area contributed by atoms with E-state index in [4.69, 9.17) is 4.74 Å². The van der Waals surface area contributed by atoms with Gasteiger partial charge in [-0.25, -0.2) is 0 Å². The van der Waals surface area contributed by atoms with E-state index in [9.17, 15) is 0 Å². The molecule has 1 unspecified atom stereocenters. The smallest absolute Gasteiger partial charge is 0.0809 e. The molecule has 2 nitrogen and oxygen atoms in total. The Bertz CT molecular complexity index is 176. The Labute approximate surface area is 101 Å². The summed E-state index contributed by atoms with van der Waals surface area (Å²) in [5.74, 6) is 0. The molecule has 1 aliphatic carbocycles. The van der Waals surface area contributed by atoms with Crippen LogP contribution in [0.4, 0.5) is 0 Å². The molecule has 0 spiro atoms. The van der Waals surface area contributed by atoms with E-state index in [1.54, 1.807) is 0 Å². The minimum absolute atomic E-state index is 0.142. The zero-order valence-corrected chi connectivity index (χ0v) is 11.3. The highest BCUT2D eigenvalue weighted by atomic mass is 16.5. The number of ether oxygens (including phenoxy) is 1. The number of hydrogen-bond donors (Lipinski definition) is 1. The molecular formula is C14H29NO. The zero-order valence-electron chi connectivity index (χ0n) is 11.3. The molecule has 1 atom stereocenters. The van der Waals surface area contributed by atoms with Crippen LogP contribution in [-0.2, 0) is 4.74 Å². The van der Waals surface area contributed by atoms with Gasteiger partial charge in [0, 0.05) is 6.54 Å². The Morgan fingerprint density at radius 3 is 2.44 bits per heavy atom. The van der Waals surface area contributed by atoms with Crippen LogP contribution < -0.4 is 5.32 Å². The summed E-state index contributed by atoms with van der Waals surface area (Å²) >= 11 is 0. The van der Waals surface area contributed by atoms with E-state index in [1.165, 1.54) is 38.5 Å². The standard InChI is InChI=1S/C14H29NO/c1-4-11-15-12-14(16-13(3)5-2)9-7-6-8-10-14/h13,15H,4-12H2,1-3H3. The molecule has 0 bridgehead atoms. The van der Waals surface area contributed by atoms with Gasteiger partial charge in [0.15, 0.2) is 0 Å². The van der Waals surface area contributed by atoms with Gasteiger partial charge in [-0.3, -0.25) is 0 Å². The van der Waals surface area contributed by atoms with Crippen LogP contribution in [0.1, 0.15) is 65.7 Å². The van der Waals surface area contributed by atoms with Gasteiger partial charge in [0.1, 0.15) is 0 Å². The second kappa shape index (κ2) is 7.29. The Hall–Kier alpha value is -0.0800. The molecule has 0 heterocycles. The minimum Gasteiger partial charge on any atom is -0.371 e. The molecule has 0 aliphatic heterocycles. The monoisotopic (exact) mass is 227 g/mol. The SMILES string of the molecule is CCCNCC1(OC(C)CC)CCCCC1. The van der Waals surface area contributed by atoms with Gasteiger partial charge in [-0.2, -0.15) is 0 Å². The number of rotatable bonds is 7. The van der Waals surface area contributed by atoms with Crippen molar-refractivity contribution in [2.75, 3.05) is 13.1 Å². The number of hydrogen-bond acceptors (Lipinski definition) is 2. The zero-order chi connectivity index (χ0) is 11.9. The van der Waals surface area contributed by atoms with Crippen LogP contribution in [-0.4, -0.2) is 24.8 Å². The first-order valence-corrected chi connectivity index (χ1v) is 7.11. The summed E-state index contributed by atoms with van der Waals surface area (Å²) in [5, 5.41) is 3.55. The lowest BCUT2D eigenvalue weighted by Gasteiger charge is -2.39. The summed E-state index contributed by atoms with van der Waals surface area (Å²) in [5.41, 5.74) is 0.142. The van der Waals surface area contributed by atoms with Crippen molar-refractivity contribution in [3.63, 3.8) is 0 Å². The van der Waals surface area contributed by atoms with Gasteiger partial charge in [0.25, 0.3) is 0 Å². The molecule has 0 radical (unpaired) electrons. The van der Waals surface area contributed by atoms with Crippen molar-refractivity contribution >= 4 is 0 Å². The summed E-state index contributed by atoms with van der Waals surface area (Å²) in [4.78, 5) is 0. The molecule has 96 valence electrons. The van der Waals surface area contributed by atoms with Gasteiger partial charge in [-0.05, 0) is 39.2 Å². The van der Waals surface area contributed by atoms with Crippen LogP contribution in [0.2, 0.25) is 0 Å². The molecule has 1 aliphatic rings. The van der Waals surface area contributed by atoms with E-state index in [2.05, 4.69) is 26.1 Å². The highest BCUT2D eigenvalue weighted by molar-refractivity contribution is 4.87. The topological polar surface area (TPSA) is 21.3 Å². The molecule has 1 saturated carbocycles. The van der Waals surface area contributed by atoms with Crippen molar-refractivity contribution in [3.8, 4) is 0 Å². The Morgan fingerprint density at radius 1 is 1.19 bits per heavy atom. The fraction of sp³-hybridized carbons (Fsp3) is 1.00. The van der Waals surface area contributed by atoms with Crippen molar-refractivity contribution < 1.29 is 4.74 Å². The third-order valence-electron chi connectivity index (χ3n) is 3.66. The highest BCUT2D eigenvalue weighted by Gasteiger charge is 2.33. The van der Waals surface area contributed by atoms with E-state index in [0.29, 0.717) is 6.10 Å². The lowest BCUT2D eigenvalue weighted by molar-refractivity contribution is -0.106. The van der Waals surface area contributed by atoms with Gasteiger partial charge in [0.2, 0.25) is 0 Å². The number of nitrogens with one attached hydrogen (secondary N) is 1. The molecule has 16 heavy (non-hydrogen) atoms.